The number of aromatic nitrogens is 4. The van der Waals surface area contributed by atoms with Crippen LogP contribution in [-0.4, -0.2) is 60.3 Å². The molecule has 1 amide bonds. The number of hydrogen-bond acceptors (Lipinski definition) is 6. The standard InChI is InChI=1S/C20H33N5O2S/c26-18(14-16-8-4-3-5-9-16)12-11-17-15-28-20(27)25(17)13-7-2-1-6-10-19-21-23-24-22-19/h11-12,16-18,26H,1-10,13-15H2,(H,21,22,23,24)/b12-11+. The van der Waals surface area contributed by atoms with Crippen LogP contribution in [0.1, 0.15) is 70.0 Å². The van der Waals surface area contributed by atoms with Gasteiger partial charge in [-0.2, -0.15) is 5.21 Å². The molecule has 1 saturated carbocycles. The van der Waals surface area contributed by atoms with Crippen molar-refractivity contribution in [1.29, 1.82) is 0 Å². The lowest BCUT2D eigenvalue weighted by Crippen LogP contribution is -2.33. The summed E-state index contributed by atoms with van der Waals surface area (Å²) >= 11 is 1.39. The highest BCUT2D eigenvalue weighted by Crippen LogP contribution is 2.28. The quantitative estimate of drug-likeness (QED) is 0.429. The second-order valence-corrected chi connectivity index (χ2v) is 8.99. The summed E-state index contributed by atoms with van der Waals surface area (Å²) in [6.07, 6.45) is 16.0. The number of nitrogens with zero attached hydrogens (tertiary/aromatic N) is 4. The van der Waals surface area contributed by atoms with Gasteiger partial charge in [0.25, 0.3) is 5.24 Å². The van der Waals surface area contributed by atoms with Gasteiger partial charge in [-0.1, -0.05) is 74.1 Å². The predicted molar refractivity (Wildman–Crippen MR) is 111 cm³/mol. The maximum atomic E-state index is 12.2. The van der Waals surface area contributed by atoms with Crippen LogP contribution < -0.4 is 0 Å². The van der Waals surface area contributed by atoms with E-state index in [1.54, 1.807) is 0 Å². The van der Waals surface area contributed by atoms with Crippen molar-refractivity contribution in [3.63, 3.8) is 0 Å². The van der Waals surface area contributed by atoms with Gasteiger partial charge in [-0.3, -0.25) is 4.79 Å². The molecule has 2 unspecified atom stereocenters. The molecule has 2 atom stereocenters. The third kappa shape index (κ3) is 6.88. The van der Waals surface area contributed by atoms with Gasteiger partial charge in [0.1, 0.15) is 0 Å². The number of unbranched alkanes of at least 4 members (excludes halogenated alkanes) is 3. The summed E-state index contributed by atoms with van der Waals surface area (Å²) in [6.45, 7) is 0.793. The molecule has 0 bridgehead atoms. The van der Waals surface area contributed by atoms with Crippen LogP contribution in [0, 0.1) is 5.92 Å². The van der Waals surface area contributed by atoms with E-state index in [4.69, 9.17) is 0 Å². The predicted octanol–water partition coefficient (Wildman–Crippen LogP) is 3.73. The van der Waals surface area contributed by atoms with Crippen molar-refractivity contribution in [3.8, 4) is 0 Å². The fourth-order valence-corrected chi connectivity index (χ4v) is 5.19. The van der Waals surface area contributed by atoms with E-state index in [9.17, 15) is 9.90 Å². The van der Waals surface area contributed by atoms with Crippen LogP contribution in [0.4, 0.5) is 4.79 Å². The van der Waals surface area contributed by atoms with Crippen molar-refractivity contribution >= 4 is 17.0 Å². The van der Waals surface area contributed by atoms with E-state index in [1.165, 1.54) is 43.9 Å². The molecule has 1 aliphatic carbocycles. The van der Waals surface area contributed by atoms with Crippen molar-refractivity contribution in [1.82, 2.24) is 25.5 Å². The Morgan fingerprint density at radius 1 is 1.21 bits per heavy atom. The molecule has 7 nitrogen and oxygen atoms in total. The van der Waals surface area contributed by atoms with E-state index in [1.807, 2.05) is 11.0 Å². The third-order valence-corrected chi connectivity index (χ3v) is 6.80. The smallest absolute Gasteiger partial charge is 0.282 e. The van der Waals surface area contributed by atoms with Gasteiger partial charge in [0, 0.05) is 18.7 Å². The van der Waals surface area contributed by atoms with Gasteiger partial charge in [-0.05, 0) is 25.2 Å². The highest BCUT2D eigenvalue weighted by atomic mass is 32.2. The first-order valence-electron chi connectivity index (χ1n) is 10.7. The van der Waals surface area contributed by atoms with E-state index in [0.29, 0.717) is 5.92 Å². The number of aromatic amines is 1. The first-order valence-corrected chi connectivity index (χ1v) is 11.7. The fourth-order valence-electron chi connectivity index (χ4n) is 4.19. The van der Waals surface area contributed by atoms with Crippen molar-refractivity contribution < 1.29 is 9.90 Å². The SMILES string of the molecule is O=C1SCC(/C=C/C(O)CC2CCCCC2)N1CCCCCCc1nn[nH]n1. The van der Waals surface area contributed by atoms with E-state index >= 15 is 0 Å². The normalized spacial score (nSPS) is 22.4. The van der Waals surface area contributed by atoms with Crippen LogP contribution >= 0.6 is 11.8 Å². The second-order valence-electron chi connectivity index (χ2n) is 8.02. The molecule has 2 N–H and O–H groups in total. The lowest BCUT2D eigenvalue weighted by molar-refractivity contribution is 0.169. The molecule has 0 radical (unpaired) electrons. The monoisotopic (exact) mass is 407 g/mol. The number of amides is 1. The zero-order chi connectivity index (χ0) is 19.6. The Morgan fingerprint density at radius 2 is 2.04 bits per heavy atom. The van der Waals surface area contributed by atoms with Crippen molar-refractivity contribution in [2.45, 2.75) is 82.8 Å². The van der Waals surface area contributed by atoms with Crippen molar-refractivity contribution in [2.24, 2.45) is 5.92 Å². The van der Waals surface area contributed by atoms with Gasteiger partial charge in [-0.25, -0.2) is 0 Å². The number of thioether (sulfide) groups is 1. The van der Waals surface area contributed by atoms with Crippen molar-refractivity contribution in [3.05, 3.63) is 18.0 Å². The molecule has 1 aromatic heterocycles. The van der Waals surface area contributed by atoms with Gasteiger partial charge in [0.05, 0.1) is 12.1 Å². The van der Waals surface area contributed by atoms with E-state index in [2.05, 4.69) is 26.7 Å². The molecule has 1 saturated heterocycles. The Balaban J connectivity index is 1.33. The molecule has 28 heavy (non-hydrogen) atoms. The first kappa shape index (κ1) is 21.3. The zero-order valence-corrected chi connectivity index (χ0v) is 17.4. The van der Waals surface area contributed by atoms with E-state index in [0.717, 1.165) is 56.6 Å². The number of H-pyrrole nitrogens is 1. The Bertz CT molecular complexity index is 604. The number of rotatable bonds is 11. The summed E-state index contributed by atoms with van der Waals surface area (Å²) in [6, 6.07) is 0.123. The highest BCUT2D eigenvalue weighted by molar-refractivity contribution is 8.13. The zero-order valence-electron chi connectivity index (χ0n) is 16.6. The van der Waals surface area contributed by atoms with Gasteiger partial charge >= 0.3 is 0 Å². The number of tetrazole rings is 1. The molecule has 1 aliphatic heterocycles. The molecule has 2 fully saturated rings. The fraction of sp³-hybridized carbons (Fsp3) is 0.800. The number of carbonyl (C=O) groups excluding carboxylic acids is 1. The second kappa shape index (κ2) is 11.6. The van der Waals surface area contributed by atoms with Crippen molar-refractivity contribution in [2.75, 3.05) is 12.3 Å². The van der Waals surface area contributed by atoms with Crippen LogP contribution in [0.3, 0.4) is 0 Å². The van der Waals surface area contributed by atoms with Gasteiger partial charge in [-0.15, -0.1) is 10.2 Å². The molecule has 1 aromatic rings. The molecule has 0 aromatic carbocycles. The Hall–Kier alpha value is -1.41. The first-order chi connectivity index (χ1) is 13.7. The number of aliphatic hydroxyl groups is 1. The lowest BCUT2D eigenvalue weighted by Gasteiger charge is -2.24. The Kier molecular flexibility index (Phi) is 8.79. The molecule has 156 valence electrons. The minimum absolute atomic E-state index is 0.123. The Labute approximate surface area is 171 Å². The van der Waals surface area contributed by atoms with E-state index in [-0.39, 0.29) is 17.4 Å². The number of hydrogen-bond donors (Lipinski definition) is 2. The number of aliphatic hydroxyl groups excluding tert-OH is 1. The molecule has 8 heteroatoms. The van der Waals surface area contributed by atoms with Crippen LogP contribution in [0.15, 0.2) is 12.2 Å². The summed E-state index contributed by atoms with van der Waals surface area (Å²) in [5.41, 5.74) is 0. The summed E-state index contributed by atoms with van der Waals surface area (Å²) in [5, 5.41) is 24.5. The van der Waals surface area contributed by atoms with Crippen LogP contribution in [0.5, 0.6) is 0 Å². The van der Waals surface area contributed by atoms with Gasteiger partial charge in [0.2, 0.25) is 0 Å². The largest absolute Gasteiger partial charge is 0.389 e. The molecular formula is C20H33N5O2S. The number of carbonyl (C=O) groups is 1. The maximum absolute atomic E-state index is 12.2. The highest BCUT2D eigenvalue weighted by Gasteiger charge is 2.29. The minimum Gasteiger partial charge on any atom is -0.389 e. The number of aryl methyl sites for hydroxylation is 1. The topological polar surface area (TPSA) is 95.0 Å². The summed E-state index contributed by atoms with van der Waals surface area (Å²) in [5.74, 6) is 2.23. The minimum atomic E-state index is -0.379. The molecule has 3 rings (SSSR count). The average molecular weight is 408 g/mol. The number of nitrogens with one attached hydrogen (secondary N) is 1. The molecule has 2 heterocycles. The van der Waals surface area contributed by atoms with Crippen LogP contribution in [-0.2, 0) is 6.42 Å². The third-order valence-electron chi connectivity index (χ3n) is 5.81. The molecule has 0 spiro atoms. The van der Waals surface area contributed by atoms with Crippen LogP contribution in [0.25, 0.3) is 0 Å². The van der Waals surface area contributed by atoms with Gasteiger partial charge in [0.15, 0.2) is 5.82 Å². The summed E-state index contributed by atoms with van der Waals surface area (Å²) in [7, 11) is 0. The summed E-state index contributed by atoms with van der Waals surface area (Å²) in [4.78, 5) is 14.2. The molecule has 2 aliphatic rings. The summed E-state index contributed by atoms with van der Waals surface area (Å²) < 4.78 is 0. The molecular weight excluding hydrogens is 374 g/mol. The average Bonchev–Trinajstić information content (AvgIpc) is 3.34. The maximum Gasteiger partial charge on any atom is 0.282 e. The van der Waals surface area contributed by atoms with E-state index < -0.39 is 0 Å². The van der Waals surface area contributed by atoms with Crippen LogP contribution in [0.2, 0.25) is 0 Å². The Morgan fingerprint density at radius 3 is 2.82 bits per heavy atom. The lowest BCUT2D eigenvalue weighted by atomic mass is 9.85. The van der Waals surface area contributed by atoms with Gasteiger partial charge < -0.3 is 10.0 Å².